The van der Waals surface area contributed by atoms with Crippen LogP contribution in [0.15, 0.2) is 18.2 Å². The Hall–Kier alpha value is -1.84. The molecule has 124 valence electrons. The van der Waals surface area contributed by atoms with Crippen molar-refractivity contribution >= 4 is 34.8 Å². The Kier molecular flexibility index (Phi) is 9.92. The SMILES string of the molecule is COCOc1c(OC)cccc1OC(=S)N(C)C.NC(O)=S. The van der Waals surface area contributed by atoms with Crippen LogP contribution in [0.4, 0.5) is 0 Å². The molecule has 1 aromatic carbocycles. The molecule has 0 fully saturated rings. The fraction of sp³-hybridized carbons (Fsp3) is 0.385. The zero-order valence-corrected chi connectivity index (χ0v) is 14.5. The predicted molar refractivity (Wildman–Crippen MR) is 91.8 cm³/mol. The molecule has 9 heteroatoms. The molecule has 3 N–H and O–H groups in total. The van der Waals surface area contributed by atoms with Crippen molar-refractivity contribution in [3.8, 4) is 17.2 Å². The van der Waals surface area contributed by atoms with Crippen molar-refractivity contribution in [2.45, 2.75) is 0 Å². The van der Waals surface area contributed by atoms with Gasteiger partial charge in [0.2, 0.25) is 5.75 Å². The first-order valence-corrected chi connectivity index (χ1v) is 6.81. The standard InChI is InChI=1S/C12H17NO4S.CH3NOS/c1-13(2)12(18)17-10-7-5-6-9(15-4)11(10)16-8-14-3;2-1(3)4/h5-7H,8H2,1-4H3;(H3,2,3,4). The second-order valence-corrected chi connectivity index (χ2v) is 4.71. The van der Waals surface area contributed by atoms with E-state index in [9.17, 15) is 0 Å². The van der Waals surface area contributed by atoms with E-state index >= 15 is 0 Å². The average Bonchev–Trinajstić information content (AvgIpc) is 2.44. The minimum absolute atomic E-state index is 0.103. The van der Waals surface area contributed by atoms with Crippen molar-refractivity contribution in [3.63, 3.8) is 0 Å². The van der Waals surface area contributed by atoms with Gasteiger partial charge in [0.15, 0.2) is 18.3 Å². The van der Waals surface area contributed by atoms with E-state index in [1.807, 2.05) is 0 Å². The number of thiocarbonyl (C=S) groups is 2. The number of nitrogens with zero attached hydrogens (tertiary/aromatic N) is 1. The Morgan fingerprint density at radius 2 is 1.77 bits per heavy atom. The quantitative estimate of drug-likeness (QED) is 0.610. The van der Waals surface area contributed by atoms with Gasteiger partial charge < -0.3 is 34.7 Å². The van der Waals surface area contributed by atoms with Gasteiger partial charge >= 0.3 is 0 Å². The molecule has 0 saturated heterocycles. The number of aliphatic hydroxyl groups is 1. The lowest BCUT2D eigenvalue weighted by Gasteiger charge is -2.18. The van der Waals surface area contributed by atoms with Crippen LogP contribution in [0.3, 0.4) is 0 Å². The first kappa shape index (κ1) is 20.2. The number of aliphatic hydroxyl groups excluding tert-OH is 1. The summed E-state index contributed by atoms with van der Waals surface area (Å²) in [4.78, 5) is 1.69. The molecule has 0 bridgehead atoms. The summed E-state index contributed by atoms with van der Waals surface area (Å²) in [6.45, 7) is 0.103. The van der Waals surface area contributed by atoms with E-state index in [4.69, 9.17) is 36.3 Å². The molecule has 0 heterocycles. The van der Waals surface area contributed by atoms with E-state index in [1.54, 1.807) is 51.4 Å². The molecule has 1 aromatic rings. The third-order valence-electron chi connectivity index (χ3n) is 2.05. The Bertz CT molecular complexity index is 493. The summed E-state index contributed by atoms with van der Waals surface area (Å²) in [6.07, 6.45) is 0. The van der Waals surface area contributed by atoms with Gasteiger partial charge in [0.1, 0.15) is 0 Å². The Morgan fingerprint density at radius 3 is 2.23 bits per heavy atom. The fourth-order valence-corrected chi connectivity index (χ4v) is 1.27. The van der Waals surface area contributed by atoms with Crippen LogP contribution in [0.5, 0.6) is 17.2 Å². The fourth-order valence-electron chi connectivity index (χ4n) is 1.18. The maximum Gasteiger partial charge on any atom is 0.264 e. The van der Waals surface area contributed by atoms with Gasteiger partial charge in [-0.2, -0.15) is 0 Å². The average molecular weight is 348 g/mol. The van der Waals surface area contributed by atoms with E-state index < -0.39 is 5.17 Å². The first-order chi connectivity index (χ1) is 10.3. The van der Waals surface area contributed by atoms with Crippen molar-refractivity contribution < 1.29 is 24.1 Å². The van der Waals surface area contributed by atoms with Crippen molar-refractivity contribution in [1.82, 2.24) is 4.90 Å². The van der Waals surface area contributed by atoms with Crippen LogP contribution in [-0.2, 0) is 4.74 Å². The van der Waals surface area contributed by atoms with Crippen molar-refractivity contribution in [3.05, 3.63) is 18.2 Å². The maximum atomic E-state index is 7.56. The van der Waals surface area contributed by atoms with E-state index in [0.29, 0.717) is 22.4 Å². The van der Waals surface area contributed by atoms with Gasteiger partial charge in [-0.05, 0) is 36.6 Å². The molecule has 0 aliphatic heterocycles. The predicted octanol–water partition coefficient (Wildman–Crippen LogP) is 1.69. The zero-order chi connectivity index (χ0) is 17.1. The highest BCUT2D eigenvalue weighted by atomic mass is 32.1. The number of hydrogen-bond donors (Lipinski definition) is 2. The van der Waals surface area contributed by atoms with Crippen LogP contribution in [0, 0.1) is 0 Å². The van der Waals surface area contributed by atoms with E-state index in [1.165, 1.54) is 0 Å². The van der Waals surface area contributed by atoms with Crippen LogP contribution in [-0.4, -0.2) is 55.5 Å². The number of ether oxygens (including phenoxy) is 4. The number of hydrogen-bond acceptors (Lipinski definition) is 6. The molecule has 0 atom stereocenters. The minimum atomic E-state index is -0.500. The van der Waals surface area contributed by atoms with Crippen LogP contribution >= 0.6 is 24.4 Å². The summed E-state index contributed by atoms with van der Waals surface area (Å²) in [6, 6.07) is 5.33. The number of benzene rings is 1. The summed E-state index contributed by atoms with van der Waals surface area (Å²) in [5, 5.41) is 7.40. The summed E-state index contributed by atoms with van der Waals surface area (Å²) in [5.41, 5.74) is 4.40. The molecular formula is C13H20N2O5S2. The Labute approximate surface area is 140 Å². The molecule has 0 amide bonds. The second kappa shape index (κ2) is 10.8. The molecule has 0 radical (unpaired) electrons. The number of nitrogens with two attached hydrogens (primary N) is 1. The topological polar surface area (TPSA) is 86.4 Å². The third kappa shape index (κ3) is 7.81. The number of methoxy groups -OCH3 is 2. The highest BCUT2D eigenvalue weighted by molar-refractivity contribution is 7.80. The molecule has 22 heavy (non-hydrogen) atoms. The minimum Gasteiger partial charge on any atom is -0.493 e. The van der Waals surface area contributed by atoms with Gasteiger partial charge in [0.25, 0.3) is 10.3 Å². The maximum absolute atomic E-state index is 7.56. The van der Waals surface area contributed by atoms with Crippen molar-refractivity contribution in [2.24, 2.45) is 5.73 Å². The van der Waals surface area contributed by atoms with Gasteiger partial charge in [-0.1, -0.05) is 6.07 Å². The lowest BCUT2D eigenvalue weighted by atomic mass is 10.3. The molecule has 0 unspecified atom stereocenters. The molecule has 0 aromatic heterocycles. The molecular weight excluding hydrogens is 328 g/mol. The van der Waals surface area contributed by atoms with Crippen molar-refractivity contribution in [1.29, 1.82) is 0 Å². The van der Waals surface area contributed by atoms with E-state index in [0.717, 1.165) is 0 Å². The van der Waals surface area contributed by atoms with Gasteiger partial charge in [-0.15, -0.1) is 0 Å². The van der Waals surface area contributed by atoms with Crippen molar-refractivity contribution in [2.75, 3.05) is 35.1 Å². The lowest BCUT2D eigenvalue weighted by Crippen LogP contribution is -2.25. The van der Waals surface area contributed by atoms with Crippen LogP contribution < -0.4 is 19.9 Å². The summed E-state index contributed by atoms with van der Waals surface area (Å²) < 4.78 is 21.1. The molecule has 0 spiro atoms. The molecule has 0 aliphatic rings. The highest BCUT2D eigenvalue weighted by Gasteiger charge is 2.14. The second-order valence-electron chi connectivity index (χ2n) is 3.94. The third-order valence-corrected chi connectivity index (χ3v) is 2.49. The van der Waals surface area contributed by atoms with Crippen LogP contribution in [0.25, 0.3) is 0 Å². The summed E-state index contributed by atoms with van der Waals surface area (Å²) in [5.74, 6) is 1.52. The lowest BCUT2D eigenvalue weighted by molar-refractivity contribution is 0.0476. The summed E-state index contributed by atoms with van der Waals surface area (Å²) >= 11 is 8.96. The first-order valence-electron chi connectivity index (χ1n) is 5.99. The van der Waals surface area contributed by atoms with Gasteiger partial charge in [0.05, 0.1) is 7.11 Å². The summed E-state index contributed by atoms with van der Waals surface area (Å²) in [7, 11) is 6.71. The molecule has 1 rings (SSSR count). The zero-order valence-electron chi connectivity index (χ0n) is 12.9. The van der Waals surface area contributed by atoms with Crippen LogP contribution in [0.2, 0.25) is 0 Å². The monoisotopic (exact) mass is 348 g/mol. The number of para-hydroxylation sites is 1. The molecule has 7 nitrogen and oxygen atoms in total. The van der Waals surface area contributed by atoms with Gasteiger partial charge in [-0.3, -0.25) is 0 Å². The Morgan fingerprint density at radius 1 is 1.23 bits per heavy atom. The molecule has 0 aliphatic carbocycles. The largest absolute Gasteiger partial charge is 0.493 e. The van der Waals surface area contributed by atoms with Gasteiger partial charge in [0, 0.05) is 21.2 Å². The smallest absolute Gasteiger partial charge is 0.264 e. The highest BCUT2D eigenvalue weighted by Crippen LogP contribution is 2.37. The van der Waals surface area contributed by atoms with Crippen LogP contribution in [0.1, 0.15) is 0 Å². The normalized spacial score (nSPS) is 9.09. The Balaban J connectivity index is 0.000000980. The van der Waals surface area contributed by atoms with E-state index in [-0.39, 0.29) is 6.79 Å². The molecule has 0 saturated carbocycles. The number of rotatable bonds is 5. The van der Waals surface area contributed by atoms with E-state index in [2.05, 4.69) is 18.0 Å². The van der Waals surface area contributed by atoms with Gasteiger partial charge in [-0.25, -0.2) is 0 Å².